The van der Waals surface area contributed by atoms with Crippen LogP contribution in [0, 0.1) is 17.0 Å². The largest absolute Gasteiger partial charge is 0.483 e. The quantitative estimate of drug-likeness (QED) is 0.324. The molecule has 0 unspecified atom stereocenters. The van der Waals surface area contributed by atoms with Crippen molar-refractivity contribution in [3.8, 4) is 5.75 Å². The maximum atomic E-state index is 12.4. The molecule has 1 aromatic heterocycles. The minimum absolute atomic E-state index is 0.0900. The van der Waals surface area contributed by atoms with E-state index in [0.717, 1.165) is 16.9 Å². The second kappa shape index (κ2) is 9.31. The molecular weight excluding hydrogens is 410 g/mol. The summed E-state index contributed by atoms with van der Waals surface area (Å²) in [6, 6.07) is 11.5. The zero-order valence-electron chi connectivity index (χ0n) is 16.4. The lowest BCUT2D eigenvalue weighted by atomic mass is 10.2. The Morgan fingerprint density at radius 1 is 1.23 bits per heavy atom. The van der Waals surface area contributed by atoms with E-state index in [0.29, 0.717) is 16.0 Å². The average molecular weight is 429 g/mol. The number of nitrogens with zero attached hydrogens (tertiary/aromatic N) is 3. The molecule has 0 N–H and O–H groups in total. The second-order valence-electron chi connectivity index (χ2n) is 6.24. The molecule has 0 spiro atoms. The number of aromatic nitrogens is 1. The molecular formula is C20H19N3O6S. The van der Waals surface area contributed by atoms with E-state index in [4.69, 9.17) is 9.47 Å². The fourth-order valence-electron chi connectivity index (χ4n) is 2.75. The number of nitro groups is 1. The Bertz CT molecular complexity index is 1180. The normalized spacial score (nSPS) is 11.5. The van der Waals surface area contributed by atoms with Crippen molar-refractivity contribution in [1.29, 1.82) is 0 Å². The van der Waals surface area contributed by atoms with Crippen LogP contribution in [-0.4, -0.2) is 34.6 Å². The molecule has 0 aliphatic heterocycles. The third-order valence-corrected chi connectivity index (χ3v) is 5.18. The molecule has 0 aliphatic rings. The molecule has 3 rings (SSSR count). The number of carbonyl (C=O) groups is 2. The maximum absolute atomic E-state index is 12.4. The van der Waals surface area contributed by atoms with Gasteiger partial charge in [0.15, 0.2) is 11.4 Å². The van der Waals surface area contributed by atoms with Crippen molar-refractivity contribution >= 4 is 39.1 Å². The van der Waals surface area contributed by atoms with E-state index in [1.807, 2.05) is 19.1 Å². The molecule has 1 amide bonds. The molecule has 0 saturated carbocycles. The zero-order chi connectivity index (χ0) is 21.7. The van der Waals surface area contributed by atoms with Gasteiger partial charge < -0.3 is 14.0 Å². The molecule has 0 atom stereocenters. The predicted octanol–water partition coefficient (Wildman–Crippen LogP) is 2.99. The highest BCUT2D eigenvalue weighted by Gasteiger charge is 2.15. The second-order valence-corrected chi connectivity index (χ2v) is 7.25. The van der Waals surface area contributed by atoms with E-state index in [1.165, 1.54) is 22.8 Å². The highest BCUT2D eigenvalue weighted by Crippen LogP contribution is 2.23. The number of fused-ring (bicyclic) bond motifs is 1. The molecule has 0 radical (unpaired) electrons. The monoisotopic (exact) mass is 429 g/mol. The van der Waals surface area contributed by atoms with Gasteiger partial charge in [0.1, 0.15) is 12.3 Å². The Balaban J connectivity index is 1.95. The molecule has 2 aromatic carbocycles. The SMILES string of the molecule is CCOC(=O)Cn1c(=NC(=O)COc2ccccc2C)sc2cc([N+](=O)[O-])ccc21. The van der Waals surface area contributed by atoms with Crippen LogP contribution in [0.3, 0.4) is 0 Å². The van der Waals surface area contributed by atoms with E-state index >= 15 is 0 Å². The van der Waals surface area contributed by atoms with Crippen molar-refractivity contribution in [3.63, 3.8) is 0 Å². The van der Waals surface area contributed by atoms with Gasteiger partial charge in [-0.25, -0.2) is 0 Å². The number of benzene rings is 2. The Kier molecular flexibility index (Phi) is 6.58. The molecule has 0 aliphatic carbocycles. The minimum atomic E-state index is -0.545. The third kappa shape index (κ3) is 4.90. The number of ether oxygens (including phenoxy) is 2. The number of non-ortho nitro benzene ring substituents is 1. The van der Waals surface area contributed by atoms with Crippen LogP contribution in [0.25, 0.3) is 10.2 Å². The number of hydrogen-bond donors (Lipinski definition) is 0. The molecule has 0 fully saturated rings. The van der Waals surface area contributed by atoms with Crippen molar-refractivity contribution in [2.45, 2.75) is 20.4 Å². The number of amides is 1. The summed E-state index contributed by atoms with van der Waals surface area (Å²) in [5.41, 5.74) is 1.34. The Hall–Kier alpha value is -3.53. The Morgan fingerprint density at radius 3 is 2.70 bits per heavy atom. The number of carbonyl (C=O) groups excluding carboxylic acids is 2. The number of aryl methyl sites for hydroxylation is 1. The lowest BCUT2D eigenvalue weighted by molar-refractivity contribution is -0.384. The highest BCUT2D eigenvalue weighted by atomic mass is 32.1. The third-order valence-electron chi connectivity index (χ3n) is 4.13. The summed E-state index contributed by atoms with van der Waals surface area (Å²) in [6.45, 7) is 3.32. The van der Waals surface area contributed by atoms with Gasteiger partial charge >= 0.3 is 5.97 Å². The summed E-state index contributed by atoms with van der Waals surface area (Å²) in [7, 11) is 0. The summed E-state index contributed by atoms with van der Waals surface area (Å²) in [5, 5.41) is 11.1. The van der Waals surface area contributed by atoms with Crippen LogP contribution in [0.1, 0.15) is 12.5 Å². The van der Waals surface area contributed by atoms with Gasteiger partial charge in [-0.05, 0) is 31.5 Å². The van der Waals surface area contributed by atoms with Gasteiger partial charge in [-0.1, -0.05) is 29.5 Å². The first-order valence-corrected chi connectivity index (χ1v) is 9.90. The van der Waals surface area contributed by atoms with Gasteiger partial charge in [0, 0.05) is 12.1 Å². The number of para-hydroxylation sites is 1. The minimum Gasteiger partial charge on any atom is -0.483 e. The summed E-state index contributed by atoms with van der Waals surface area (Å²) < 4.78 is 12.6. The van der Waals surface area contributed by atoms with Crippen LogP contribution in [0.5, 0.6) is 5.75 Å². The van der Waals surface area contributed by atoms with Crippen molar-refractivity contribution < 1.29 is 24.0 Å². The van der Waals surface area contributed by atoms with Crippen LogP contribution in [0.2, 0.25) is 0 Å². The number of nitro benzene ring substituents is 1. The van der Waals surface area contributed by atoms with Gasteiger partial charge in [-0.3, -0.25) is 19.7 Å². The molecule has 9 nitrogen and oxygen atoms in total. The van der Waals surface area contributed by atoms with Crippen LogP contribution in [0.15, 0.2) is 47.5 Å². The van der Waals surface area contributed by atoms with E-state index in [2.05, 4.69) is 4.99 Å². The number of hydrogen-bond acceptors (Lipinski definition) is 7. The van der Waals surface area contributed by atoms with Crippen molar-refractivity contribution in [1.82, 2.24) is 4.57 Å². The smallest absolute Gasteiger partial charge is 0.326 e. The fraction of sp³-hybridized carbons (Fsp3) is 0.250. The summed E-state index contributed by atoms with van der Waals surface area (Å²) in [4.78, 5) is 39.3. The number of thiazole rings is 1. The topological polar surface area (TPSA) is 113 Å². The average Bonchev–Trinajstić information content (AvgIpc) is 3.03. The van der Waals surface area contributed by atoms with Crippen molar-refractivity contribution in [3.05, 3.63) is 62.9 Å². The lowest BCUT2D eigenvalue weighted by Gasteiger charge is -2.06. The van der Waals surface area contributed by atoms with Crippen LogP contribution >= 0.6 is 11.3 Å². The lowest BCUT2D eigenvalue weighted by Crippen LogP contribution is -2.24. The van der Waals surface area contributed by atoms with Gasteiger partial charge in [-0.2, -0.15) is 4.99 Å². The standard InChI is InChI=1S/C20H19N3O6S/c1-3-28-19(25)11-22-15-9-8-14(23(26)27)10-17(15)30-20(22)21-18(24)12-29-16-7-5-4-6-13(16)2/h4-10H,3,11-12H2,1-2H3. The molecule has 1 heterocycles. The summed E-state index contributed by atoms with van der Waals surface area (Å²) in [5.74, 6) is -0.468. The van der Waals surface area contributed by atoms with Gasteiger partial charge in [0.05, 0.1) is 21.7 Å². The number of esters is 1. The van der Waals surface area contributed by atoms with E-state index in [-0.39, 0.29) is 30.2 Å². The zero-order valence-corrected chi connectivity index (χ0v) is 17.2. The molecule has 0 bridgehead atoms. The van der Waals surface area contributed by atoms with Crippen LogP contribution < -0.4 is 9.54 Å². The van der Waals surface area contributed by atoms with E-state index in [1.54, 1.807) is 19.1 Å². The van der Waals surface area contributed by atoms with Gasteiger partial charge in [0.2, 0.25) is 0 Å². The maximum Gasteiger partial charge on any atom is 0.326 e. The van der Waals surface area contributed by atoms with Gasteiger partial charge in [0.25, 0.3) is 11.6 Å². The molecule has 10 heteroatoms. The fourth-order valence-corrected chi connectivity index (χ4v) is 3.83. The first kappa shape index (κ1) is 21.2. The number of rotatable bonds is 7. The molecule has 0 saturated heterocycles. The first-order valence-electron chi connectivity index (χ1n) is 9.08. The van der Waals surface area contributed by atoms with Crippen molar-refractivity contribution in [2.24, 2.45) is 4.99 Å². The molecule has 3 aromatic rings. The highest BCUT2D eigenvalue weighted by molar-refractivity contribution is 7.16. The van der Waals surface area contributed by atoms with Gasteiger partial charge in [-0.15, -0.1) is 0 Å². The first-order chi connectivity index (χ1) is 14.4. The molecule has 156 valence electrons. The van der Waals surface area contributed by atoms with Crippen molar-refractivity contribution in [2.75, 3.05) is 13.2 Å². The summed E-state index contributed by atoms with van der Waals surface area (Å²) in [6.07, 6.45) is 0. The molecule has 30 heavy (non-hydrogen) atoms. The summed E-state index contributed by atoms with van der Waals surface area (Å²) >= 11 is 1.08. The van der Waals surface area contributed by atoms with Crippen LogP contribution in [0.4, 0.5) is 5.69 Å². The van der Waals surface area contributed by atoms with E-state index < -0.39 is 16.8 Å². The predicted molar refractivity (Wildman–Crippen MR) is 110 cm³/mol. The van der Waals surface area contributed by atoms with E-state index in [9.17, 15) is 19.7 Å². The van der Waals surface area contributed by atoms with Crippen LogP contribution in [-0.2, 0) is 20.9 Å². The Morgan fingerprint density at radius 2 is 2.00 bits per heavy atom. The Labute approximate surface area is 175 Å².